The quantitative estimate of drug-likeness (QED) is 0.250. The first-order chi connectivity index (χ1) is 9.29. The van der Waals surface area contributed by atoms with Crippen LogP contribution in [0.3, 0.4) is 0 Å². The van der Waals surface area contributed by atoms with Crippen molar-refractivity contribution in [2.45, 2.75) is 24.4 Å². The third-order valence-corrected chi connectivity index (χ3v) is 2.74. The van der Waals surface area contributed by atoms with Gasteiger partial charge in [0, 0.05) is 6.08 Å². The van der Waals surface area contributed by atoms with Crippen LogP contribution >= 0.6 is 0 Å². The van der Waals surface area contributed by atoms with Gasteiger partial charge in [0.25, 0.3) is 0 Å². The first kappa shape index (κ1) is 16.3. The number of aliphatic hydroxyl groups excluding tert-OH is 5. The Hall–Kier alpha value is -1.71. The third kappa shape index (κ3) is 3.44. The molecular formula is C12H14O8. The van der Waals surface area contributed by atoms with Crippen LogP contribution in [0.5, 0.6) is 0 Å². The molecule has 8 heteroatoms. The van der Waals surface area contributed by atoms with Crippen LogP contribution in [-0.2, 0) is 14.4 Å². The van der Waals surface area contributed by atoms with E-state index in [1.807, 2.05) is 0 Å². The van der Waals surface area contributed by atoms with Gasteiger partial charge in [-0.05, 0) is 12.2 Å². The minimum absolute atomic E-state index is 0.630. The molecule has 0 heterocycles. The Bertz CT molecular complexity index is 478. The summed E-state index contributed by atoms with van der Waals surface area (Å²) in [6, 6.07) is 0. The number of allylic oxidation sites excluding steroid dienone is 3. The van der Waals surface area contributed by atoms with Crippen molar-refractivity contribution >= 4 is 17.3 Å². The second kappa shape index (κ2) is 6.64. The van der Waals surface area contributed by atoms with E-state index in [1.54, 1.807) is 0 Å². The Morgan fingerprint density at radius 3 is 2.20 bits per heavy atom. The Morgan fingerprint density at radius 1 is 1.05 bits per heavy atom. The molecule has 20 heavy (non-hydrogen) atoms. The second-order valence-electron chi connectivity index (χ2n) is 4.20. The van der Waals surface area contributed by atoms with Crippen molar-refractivity contribution < 1.29 is 39.9 Å². The number of Topliss-reactive ketones (excluding diaryl/α,β-unsaturated/α-hetero) is 1. The number of carbonyl (C=O) groups excluding carboxylic acids is 3. The molecule has 110 valence electrons. The van der Waals surface area contributed by atoms with Crippen LogP contribution in [0.1, 0.15) is 0 Å². The predicted molar refractivity (Wildman–Crippen MR) is 63.4 cm³/mol. The van der Waals surface area contributed by atoms with Gasteiger partial charge in [-0.2, -0.15) is 0 Å². The number of hydrogen-bond acceptors (Lipinski definition) is 8. The van der Waals surface area contributed by atoms with Crippen molar-refractivity contribution in [3.8, 4) is 0 Å². The molecule has 0 spiro atoms. The molecule has 4 atom stereocenters. The maximum Gasteiger partial charge on any atom is 0.198 e. The van der Waals surface area contributed by atoms with Crippen LogP contribution in [0.25, 0.3) is 0 Å². The first-order valence-corrected chi connectivity index (χ1v) is 5.65. The lowest BCUT2D eigenvalue weighted by Crippen LogP contribution is -2.49. The molecule has 0 fully saturated rings. The minimum atomic E-state index is -2.22. The number of ketones is 3. The number of rotatable bonds is 6. The van der Waals surface area contributed by atoms with Crippen molar-refractivity contribution in [3.05, 3.63) is 23.8 Å². The van der Waals surface area contributed by atoms with Crippen molar-refractivity contribution in [3.63, 3.8) is 0 Å². The first-order valence-electron chi connectivity index (χ1n) is 5.65. The predicted octanol–water partition coefficient (Wildman–Crippen LogP) is -3.37. The van der Waals surface area contributed by atoms with E-state index in [1.165, 1.54) is 0 Å². The number of hydrogen-bond donors (Lipinski definition) is 5. The van der Waals surface area contributed by atoms with Crippen LogP contribution in [-0.4, -0.2) is 73.9 Å². The zero-order valence-electron chi connectivity index (χ0n) is 10.2. The summed E-state index contributed by atoms with van der Waals surface area (Å²) in [7, 11) is 0. The summed E-state index contributed by atoms with van der Waals surface area (Å²) in [5, 5.41) is 46.1. The van der Waals surface area contributed by atoms with Crippen LogP contribution in [0.15, 0.2) is 23.8 Å². The molecule has 5 N–H and O–H groups in total. The summed E-state index contributed by atoms with van der Waals surface area (Å²) in [5.41, 5.74) is -0.630. The molecule has 0 radical (unpaired) electrons. The summed E-state index contributed by atoms with van der Waals surface area (Å²) in [6.45, 7) is -0.901. The third-order valence-electron chi connectivity index (χ3n) is 2.74. The highest BCUT2D eigenvalue weighted by Gasteiger charge is 2.37. The molecule has 0 bridgehead atoms. The number of aliphatic hydroxyl groups is 5. The molecule has 0 aliphatic heterocycles. The largest absolute Gasteiger partial charge is 0.394 e. The lowest BCUT2D eigenvalue weighted by atomic mass is 9.92. The van der Waals surface area contributed by atoms with Gasteiger partial charge in [0.15, 0.2) is 17.3 Å². The number of carbonyl (C=O) groups is 3. The average molecular weight is 286 g/mol. The SMILES string of the molecule is O=C1C=CC(=O)C(C(=O)[C@H](O)[C@@H](O)[C@H](O)[C@H](O)CO)=C1. The fourth-order valence-electron chi connectivity index (χ4n) is 1.54. The molecular weight excluding hydrogens is 272 g/mol. The smallest absolute Gasteiger partial charge is 0.198 e. The van der Waals surface area contributed by atoms with Gasteiger partial charge in [-0.15, -0.1) is 0 Å². The van der Waals surface area contributed by atoms with Crippen molar-refractivity contribution in [1.29, 1.82) is 0 Å². The minimum Gasteiger partial charge on any atom is -0.394 e. The molecule has 0 aromatic carbocycles. The summed E-state index contributed by atoms with van der Waals surface area (Å²) >= 11 is 0. The van der Waals surface area contributed by atoms with E-state index >= 15 is 0 Å². The highest BCUT2D eigenvalue weighted by Crippen LogP contribution is 2.13. The normalized spacial score (nSPS) is 21.1. The van der Waals surface area contributed by atoms with Gasteiger partial charge >= 0.3 is 0 Å². The fraction of sp³-hybridized carbons (Fsp3) is 0.417. The zero-order valence-corrected chi connectivity index (χ0v) is 10.2. The van der Waals surface area contributed by atoms with E-state index in [0.29, 0.717) is 6.08 Å². The van der Waals surface area contributed by atoms with E-state index in [0.717, 1.165) is 12.2 Å². The Kier molecular flexibility index (Phi) is 5.43. The van der Waals surface area contributed by atoms with Gasteiger partial charge in [0.05, 0.1) is 12.2 Å². The maximum atomic E-state index is 11.8. The molecule has 8 nitrogen and oxygen atoms in total. The van der Waals surface area contributed by atoms with Crippen LogP contribution in [0, 0.1) is 0 Å². The van der Waals surface area contributed by atoms with E-state index in [2.05, 4.69) is 0 Å². The summed E-state index contributed by atoms with van der Waals surface area (Å²) in [4.78, 5) is 34.2. The van der Waals surface area contributed by atoms with E-state index in [4.69, 9.17) is 10.2 Å². The van der Waals surface area contributed by atoms with Crippen LogP contribution < -0.4 is 0 Å². The van der Waals surface area contributed by atoms with Gasteiger partial charge in [-0.25, -0.2) is 0 Å². The van der Waals surface area contributed by atoms with Crippen molar-refractivity contribution in [2.24, 2.45) is 0 Å². The molecule has 0 aromatic heterocycles. The standard InChI is InChI=1S/C12H14O8/c13-4-8(16)10(18)12(20)11(19)9(17)6-3-5(14)1-2-7(6)15/h1-3,8,10-13,16,18-20H,4H2/t8-,10-,11+,12+/m1/s1. The van der Waals surface area contributed by atoms with E-state index < -0.39 is 53.9 Å². The van der Waals surface area contributed by atoms with Crippen molar-refractivity contribution in [1.82, 2.24) is 0 Å². The van der Waals surface area contributed by atoms with Crippen LogP contribution in [0.4, 0.5) is 0 Å². The van der Waals surface area contributed by atoms with Gasteiger partial charge in [0.2, 0.25) is 0 Å². The molecule has 0 unspecified atom stereocenters. The molecule has 0 saturated heterocycles. The summed E-state index contributed by atoms with van der Waals surface area (Å²) < 4.78 is 0. The molecule has 0 aromatic rings. The Morgan fingerprint density at radius 2 is 1.65 bits per heavy atom. The molecule has 0 amide bonds. The molecule has 1 aliphatic carbocycles. The molecule has 0 saturated carbocycles. The Labute approximate surface area is 113 Å². The fourth-order valence-corrected chi connectivity index (χ4v) is 1.54. The van der Waals surface area contributed by atoms with E-state index in [-0.39, 0.29) is 0 Å². The summed E-state index contributed by atoms with van der Waals surface area (Å²) in [5.74, 6) is -2.71. The molecule has 1 rings (SSSR count). The van der Waals surface area contributed by atoms with Gasteiger partial charge in [0.1, 0.15) is 24.4 Å². The zero-order chi connectivity index (χ0) is 15.4. The van der Waals surface area contributed by atoms with Crippen molar-refractivity contribution in [2.75, 3.05) is 6.61 Å². The highest BCUT2D eigenvalue weighted by atomic mass is 16.4. The van der Waals surface area contributed by atoms with Gasteiger partial charge in [-0.3, -0.25) is 14.4 Å². The maximum absolute atomic E-state index is 11.8. The second-order valence-corrected chi connectivity index (χ2v) is 4.20. The lowest BCUT2D eigenvalue weighted by Gasteiger charge is -2.25. The summed E-state index contributed by atoms with van der Waals surface area (Å²) in [6.07, 6.45) is -5.63. The highest BCUT2D eigenvalue weighted by molar-refractivity contribution is 6.31. The van der Waals surface area contributed by atoms with Crippen LogP contribution in [0.2, 0.25) is 0 Å². The van der Waals surface area contributed by atoms with Gasteiger partial charge in [-0.1, -0.05) is 0 Å². The average Bonchev–Trinajstić information content (AvgIpc) is 2.45. The topological polar surface area (TPSA) is 152 Å². The molecule has 1 aliphatic rings. The lowest BCUT2D eigenvalue weighted by molar-refractivity contribution is -0.144. The monoisotopic (exact) mass is 286 g/mol. The van der Waals surface area contributed by atoms with E-state index in [9.17, 15) is 29.7 Å². The van der Waals surface area contributed by atoms with Gasteiger partial charge < -0.3 is 25.5 Å². The Balaban J connectivity index is 2.86.